The molecule has 1 fully saturated rings. The Morgan fingerprint density at radius 2 is 1.88 bits per heavy atom. The van der Waals surface area contributed by atoms with Crippen molar-refractivity contribution in [2.75, 3.05) is 19.0 Å². The average Bonchev–Trinajstić information content (AvgIpc) is 3.02. The molecule has 4 atom stereocenters. The van der Waals surface area contributed by atoms with Crippen LogP contribution in [0.3, 0.4) is 0 Å². The Labute approximate surface area is 152 Å². The van der Waals surface area contributed by atoms with Crippen LogP contribution in [0.25, 0.3) is 0 Å². The van der Waals surface area contributed by atoms with Crippen LogP contribution < -0.4 is 0 Å². The van der Waals surface area contributed by atoms with Crippen molar-refractivity contribution in [1.29, 1.82) is 0 Å². The molecule has 0 N–H and O–H groups in total. The summed E-state index contributed by atoms with van der Waals surface area (Å²) >= 11 is 0. The molecule has 0 aromatic heterocycles. The number of carbonyl (C=O) groups excluding carboxylic acids is 1. The lowest BCUT2D eigenvalue weighted by Crippen LogP contribution is -2.39. The highest BCUT2D eigenvalue weighted by atomic mass is 32.2. The molecular weight excluding hydrogens is 363 g/mol. The van der Waals surface area contributed by atoms with Crippen LogP contribution in [0.1, 0.15) is 53.4 Å². The van der Waals surface area contributed by atoms with E-state index in [4.69, 9.17) is 13.6 Å². The van der Waals surface area contributed by atoms with E-state index >= 15 is 0 Å². The first-order chi connectivity index (χ1) is 11.9. The predicted molar refractivity (Wildman–Crippen MR) is 97.6 cm³/mol. The van der Waals surface area contributed by atoms with Crippen LogP contribution in [0.5, 0.6) is 0 Å². The van der Waals surface area contributed by atoms with Gasteiger partial charge in [0.25, 0.3) is 0 Å². The second-order valence-electron chi connectivity index (χ2n) is 6.40. The van der Waals surface area contributed by atoms with E-state index in [9.17, 15) is 13.6 Å². The van der Waals surface area contributed by atoms with Crippen LogP contribution in [0, 0.1) is 11.8 Å². The molecule has 1 saturated carbocycles. The second-order valence-corrected chi connectivity index (χ2v) is 9.84. The number of hydrogen-bond acceptors (Lipinski definition) is 6. The molecule has 3 unspecified atom stereocenters. The maximum Gasteiger partial charge on any atom is 0.529 e. The van der Waals surface area contributed by atoms with Gasteiger partial charge in [-0.05, 0) is 57.9 Å². The molecule has 2 rings (SSSR count). The third-order valence-corrected chi connectivity index (χ3v) is 8.09. The van der Waals surface area contributed by atoms with Crippen molar-refractivity contribution in [3.05, 3.63) is 11.3 Å². The Balaban J connectivity index is 2.48. The zero-order valence-corrected chi connectivity index (χ0v) is 17.2. The molecule has 25 heavy (non-hydrogen) atoms. The van der Waals surface area contributed by atoms with Gasteiger partial charge in [-0.15, -0.1) is 0 Å². The van der Waals surface area contributed by atoms with Crippen molar-refractivity contribution >= 4 is 24.4 Å². The molecule has 0 amide bonds. The van der Waals surface area contributed by atoms with Crippen molar-refractivity contribution in [2.24, 2.45) is 11.8 Å². The van der Waals surface area contributed by atoms with E-state index in [0.29, 0.717) is 17.9 Å². The van der Waals surface area contributed by atoms with Crippen LogP contribution in [-0.4, -0.2) is 34.2 Å². The van der Waals surface area contributed by atoms with Gasteiger partial charge in [-0.1, -0.05) is 6.92 Å². The minimum absolute atomic E-state index is 0.00139. The maximum absolute atomic E-state index is 12.9. The summed E-state index contributed by atoms with van der Waals surface area (Å²) in [5.74, 6) is 0.693. The minimum atomic E-state index is -3.78. The van der Waals surface area contributed by atoms with E-state index in [-0.39, 0.29) is 30.8 Å². The lowest BCUT2D eigenvalue weighted by atomic mass is 9.79. The summed E-state index contributed by atoms with van der Waals surface area (Å²) in [6.45, 7) is 7.15. The van der Waals surface area contributed by atoms with E-state index in [1.807, 2.05) is 6.92 Å². The van der Waals surface area contributed by atoms with E-state index < -0.39 is 23.9 Å². The van der Waals surface area contributed by atoms with Gasteiger partial charge in [-0.25, -0.2) is 4.57 Å². The van der Waals surface area contributed by atoms with Crippen LogP contribution in [0.4, 0.5) is 0 Å². The topological polar surface area (TPSA) is 78.9 Å². The van der Waals surface area contributed by atoms with Crippen LogP contribution in [-0.2, 0) is 33.7 Å². The fourth-order valence-corrected chi connectivity index (χ4v) is 6.62. The Morgan fingerprint density at radius 3 is 2.40 bits per heavy atom. The summed E-state index contributed by atoms with van der Waals surface area (Å²) in [5, 5.41) is -0.568. The number of allylic oxidation sites excluding steroid dienone is 1. The molecule has 0 heterocycles. The van der Waals surface area contributed by atoms with E-state index in [1.54, 1.807) is 13.8 Å². The number of phosphoric ester groups is 1. The fourth-order valence-electron chi connectivity index (χ4n) is 3.80. The lowest BCUT2D eigenvalue weighted by molar-refractivity contribution is -0.121. The summed E-state index contributed by atoms with van der Waals surface area (Å²) in [7, 11) is -5.07. The lowest BCUT2D eigenvalue weighted by Gasteiger charge is -2.36. The number of carbonyl (C=O) groups is 1. The van der Waals surface area contributed by atoms with E-state index in [0.717, 1.165) is 24.8 Å². The highest BCUT2D eigenvalue weighted by Crippen LogP contribution is 2.56. The van der Waals surface area contributed by atoms with Crippen molar-refractivity contribution in [3.8, 4) is 0 Å². The molecule has 0 saturated heterocycles. The highest BCUT2D eigenvalue weighted by Gasteiger charge is 2.47. The smallest absolute Gasteiger partial charge is 0.407 e. The van der Waals surface area contributed by atoms with Crippen LogP contribution in [0.15, 0.2) is 11.3 Å². The predicted octanol–water partition coefficient (Wildman–Crippen LogP) is 3.98. The van der Waals surface area contributed by atoms with Crippen LogP contribution >= 0.6 is 7.82 Å². The SMILES string of the molecule is CCOP(=O)(OCC)OC1=C2CCC[C@@H]2CC(C(C)=O)C1S(=O)CC. The molecule has 2 aliphatic carbocycles. The van der Waals surface area contributed by atoms with Gasteiger partial charge in [0.05, 0.1) is 13.2 Å². The molecule has 0 bridgehead atoms. The third-order valence-electron chi connectivity index (χ3n) is 4.84. The number of hydrogen-bond donors (Lipinski definition) is 0. The van der Waals surface area contributed by atoms with Gasteiger partial charge < -0.3 is 4.52 Å². The molecule has 0 aromatic rings. The van der Waals surface area contributed by atoms with Crippen molar-refractivity contribution in [3.63, 3.8) is 0 Å². The molecule has 6 nitrogen and oxygen atoms in total. The van der Waals surface area contributed by atoms with Gasteiger partial charge in [0.15, 0.2) is 0 Å². The molecule has 144 valence electrons. The normalized spacial score (nSPS) is 27.9. The molecule has 2 aliphatic rings. The molecule has 0 spiro atoms. The van der Waals surface area contributed by atoms with Crippen molar-refractivity contribution < 1.29 is 27.1 Å². The molecule has 0 radical (unpaired) electrons. The van der Waals surface area contributed by atoms with E-state index in [2.05, 4.69) is 0 Å². The average molecular weight is 392 g/mol. The van der Waals surface area contributed by atoms with Gasteiger partial charge in [0.1, 0.15) is 16.8 Å². The number of rotatable bonds is 9. The van der Waals surface area contributed by atoms with E-state index in [1.165, 1.54) is 6.92 Å². The highest BCUT2D eigenvalue weighted by molar-refractivity contribution is 7.85. The first-order valence-corrected chi connectivity index (χ1v) is 11.9. The minimum Gasteiger partial charge on any atom is -0.407 e. The van der Waals surface area contributed by atoms with Crippen molar-refractivity contribution in [2.45, 2.75) is 58.6 Å². The summed E-state index contributed by atoms with van der Waals surface area (Å²) in [5.41, 5.74) is 1.05. The van der Waals surface area contributed by atoms with Crippen LogP contribution in [0.2, 0.25) is 0 Å². The largest absolute Gasteiger partial charge is 0.529 e. The van der Waals surface area contributed by atoms with Gasteiger partial charge >= 0.3 is 7.82 Å². The Kier molecular flexibility index (Phi) is 7.44. The maximum atomic E-state index is 12.9. The standard InChI is InChI=1S/C17H29O6PS/c1-5-21-24(19,22-6-2)23-16-14-10-8-9-13(14)11-15(12(4)18)17(16)25(20)7-3/h13,15,17H,5-11H2,1-4H3/t13-,15?,17?,25?/m1/s1. The van der Waals surface area contributed by atoms with Gasteiger partial charge in [0, 0.05) is 22.5 Å². The Hall–Kier alpha value is -0.490. The summed E-state index contributed by atoms with van der Waals surface area (Å²) < 4.78 is 42.1. The Morgan fingerprint density at radius 1 is 1.24 bits per heavy atom. The number of fused-ring (bicyclic) bond motifs is 1. The summed E-state index contributed by atoms with van der Waals surface area (Å²) in [4.78, 5) is 12.2. The van der Waals surface area contributed by atoms with Gasteiger partial charge in [-0.3, -0.25) is 18.1 Å². The Bertz CT molecular complexity index is 592. The second kappa shape index (κ2) is 8.94. The van der Waals surface area contributed by atoms with Crippen molar-refractivity contribution in [1.82, 2.24) is 0 Å². The zero-order chi connectivity index (χ0) is 18.6. The monoisotopic (exact) mass is 392 g/mol. The molecular formula is C17H29O6PS. The first-order valence-electron chi connectivity index (χ1n) is 9.06. The quantitative estimate of drug-likeness (QED) is 0.552. The van der Waals surface area contributed by atoms with Gasteiger partial charge in [0.2, 0.25) is 0 Å². The summed E-state index contributed by atoms with van der Waals surface area (Å²) in [6, 6.07) is 0. The molecule has 0 aromatic carbocycles. The zero-order valence-electron chi connectivity index (χ0n) is 15.5. The summed E-state index contributed by atoms with van der Waals surface area (Å²) in [6.07, 6.45) is 3.49. The third kappa shape index (κ3) is 4.62. The number of phosphoric acid groups is 1. The molecule has 8 heteroatoms. The number of Topliss-reactive ketones (excluding diaryl/α,β-unsaturated/α-hetero) is 1. The first kappa shape index (κ1) is 20.8. The number of ketones is 1. The molecule has 0 aliphatic heterocycles. The fraction of sp³-hybridized carbons (Fsp3) is 0.824. The van der Waals surface area contributed by atoms with Gasteiger partial charge in [-0.2, -0.15) is 0 Å².